The van der Waals surface area contributed by atoms with Crippen molar-refractivity contribution in [3.8, 4) is 11.5 Å². The molecule has 1 heterocycles. The molecule has 1 aliphatic carbocycles. The molecule has 0 spiro atoms. The zero-order valence-corrected chi connectivity index (χ0v) is 22.9. The van der Waals surface area contributed by atoms with Gasteiger partial charge >= 0.3 is 5.97 Å². The van der Waals surface area contributed by atoms with Gasteiger partial charge in [0.1, 0.15) is 0 Å². The summed E-state index contributed by atoms with van der Waals surface area (Å²) in [7, 11) is 1.57. The third-order valence-electron chi connectivity index (χ3n) is 8.08. The number of Topliss-reactive ketones (excluding diaryl/α,β-unsaturated/α-hetero) is 1. The molecule has 0 radical (unpaired) electrons. The molecule has 4 aromatic carbocycles. The molecule has 0 saturated heterocycles. The minimum absolute atomic E-state index is 0.123. The Morgan fingerprint density at radius 1 is 0.900 bits per heavy atom. The number of ether oxygens (including phenoxy) is 2. The molecule has 5 nitrogen and oxygen atoms in total. The molecule has 2 aliphatic rings. The Balaban J connectivity index is 1.45. The van der Waals surface area contributed by atoms with Gasteiger partial charge in [0.15, 0.2) is 17.3 Å². The van der Waals surface area contributed by atoms with E-state index in [2.05, 4.69) is 47.8 Å². The summed E-state index contributed by atoms with van der Waals surface area (Å²) >= 11 is 0. The van der Waals surface area contributed by atoms with Crippen molar-refractivity contribution >= 4 is 33.8 Å². The van der Waals surface area contributed by atoms with Gasteiger partial charge in [-0.3, -0.25) is 9.59 Å². The summed E-state index contributed by atoms with van der Waals surface area (Å²) in [6.07, 6.45) is 3.32. The number of hydrogen-bond acceptors (Lipinski definition) is 5. The van der Waals surface area contributed by atoms with Crippen LogP contribution in [0, 0.1) is 0 Å². The molecule has 5 heteroatoms. The predicted octanol–water partition coefficient (Wildman–Crippen LogP) is 8.01. The highest BCUT2D eigenvalue weighted by molar-refractivity contribution is 6.13. The smallest absolute Gasteiger partial charge is 0.311 e. The summed E-state index contributed by atoms with van der Waals surface area (Å²) in [5.74, 6) is 0.866. The first-order valence-corrected chi connectivity index (χ1v) is 14.1. The van der Waals surface area contributed by atoms with Gasteiger partial charge in [0.05, 0.1) is 13.2 Å². The monoisotopic (exact) mass is 531 g/mol. The van der Waals surface area contributed by atoms with Gasteiger partial charge in [-0.15, -0.1) is 0 Å². The lowest BCUT2D eigenvalue weighted by molar-refractivity contribution is -0.134. The summed E-state index contributed by atoms with van der Waals surface area (Å²) < 4.78 is 11.3. The van der Waals surface area contributed by atoms with Crippen molar-refractivity contribution in [2.24, 2.45) is 0 Å². The van der Waals surface area contributed by atoms with Crippen LogP contribution < -0.4 is 14.8 Å². The second kappa shape index (κ2) is 11.0. The highest BCUT2D eigenvalue weighted by Gasteiger charge is 2.38. The average Bonchev–Trinajstić information content (AvgIpc) is 2.99. The molecule has 1 aliphatic heterocycles. The maximum Gasteiger partial charge on any atom is 0.311 e. The molecule has 2 atom stereocenters. The minimum atomic E-state index is -0.341. The number of methoxy groups -OCH3 is 1. The van der Waals surface area contributed by atoms with Crippen molar-refractivity contribution in [3.05, 3.63) is 107 Å². The molecule has 6 rings (SSSR count). The fourth-order valence-electron chi connectivity index (χ4n) is 6.10. The second-order valence-corrected chi connectivity index (χ2v) is 10.6. The van der Waals surface area contributed by atoms with Crippen molar-refractivity contribution in [2.75, 3.05) is 12.4 Å². The first kappa shape index (κ1) is 25.9. The van der Waals surface area contributed by atoms with Crippen LogP contribution in [-0.4, -0.2) is 18.9 Å². The van der Waals surface area contributed by atoms with Gasteiger partial charge in [0, 0.05) is 29.7 Å². The molecule has 0 unspecified atom stereocenters. The number of esters is 1. The molecular weight excluding hydrogens is 498 g/mol. The van der Waals surface area contributed by atoms with Crippen molar-refractivity contribution in [1.82, 2.24) is 0 Å². The molecule has 0 bridgehead atoms. The highest BCUT2D eigenvalue weighted by Crippen LogP contribution is 2.51. The van der Waals surface area contributed by atoms with Crippen molar-refractivity contribution in [2.45, 2.75) is 51.0 Å². The molecule has 0 amide bonds. The largest absolute Gasteiger partial charge is 0.493 e. The predicted molar refractivity (Wildman–Crippen MR) is 159 cm³/mol. The second-order valence-electron chi connectivity index (χ2n) is 10.6. The van der Waals surface area contributed by atoms with Crippen LogP contribution in [0.4, 0.5) is 5.69 Å². The lowest BCUT2D eigenvalue weighted by atomic mass is 9.71. The van der Waals surface area contributed by atoms with Crippen LogP contribution in [-0.2, 0) is 9.59 Å². The van der Waals surface area contributed by atoms with Gasteiger partial charge in [-0.2, -0.15) is 0 Å². The number of anilines is 1. The fraction of sp³-hybridized carbons (Fsp3) is 0.257. The van der Waals surface area contributed by atoms with Crippen LogP contribution in [0.25, 0.3) is 16.3 Å². The summed E-state index contributed by atoms with van der Waals surface area (Å²) in [6, 6.07) is 28.2. The average molecular weight is 532 g/mol. The number of fused-ring (bicyclic) bond motifs is 4. The van der Waals surface area contributed by atoms with E-state index >= 15 is 0 Å². The van der Waals surface area contributed by atoms with E-state index in [1.807, 2.05) is 43.3 Å². The van der Waals surface area contributed by atoms with Crippen LogP contribution >= 0.6 is 0 Å². The van der Waals surface area contributed by atoms with E-state index in [9.17, 15) is 9.59 Å². The zero-order valence-electron chi connectivity index (χ0n) is 22.9. The summed E-state index contributed by atoms with van der Waals surface area (Å²) in [5.41, 5.74) is 6.13. The SMILES string of the molecule is CCCCC(=O)Oc1ccc([C@H]2Nc3ccc4ccccc4c3C3=C2C(=O)C[C@H](c2ccccc2)C3)cc1OC. The van der Waals surface area contributed by atoms with Crippen molar-refractivity contribution in [3.63, 3.8) is 0 Å². The normalized spacial score (nSPS) is 18.1. The zero-order chi connectivity index (χ0) is 27.6. The Morgan fingerprint density at radius 3 is 2.50 bits per heavy atom. The minimum Gasteiger partial charge on any atom is -0.493 e. The van der Waals surface area contributed by atoms with Crippen LogP contribution in [0.3, 0.4) is 0 Å². The lowest BCUT2D eigenvalue weighted by Gasteiger charge is -2.37. The van der Waals surface area contributed by atoms with Gasteiger partial charge in [0.2, 0.25) is 0 Å². The molecular formula is C35H33NO4. The van der Waals surface area contributed by atoms with Crippen molar-refractivity contribution < 1.29 is 19.1 Å². The maximum atomic E-state index is 14.0. The third kappa shape index (κ3) is 4.77. The van der Waals surface area contributed by atoms with Gasteiger partial charge < -0.3 is 14.8 Å². The Morgan fingerprint density at radius 2 is 1.70 bits per heavy atom. The lowest BCUT2D eigenvalue weighted by Crippen LogP contribution is -2.29. The number of carbonyl (C=O) groups is 2. The van der Waals surface area contributed by atoms with Crippen LogP contribution in [0.2, 0.25) is 0 Å². The van der Waals surface area contributed by atoms with E-state index in [0.717, 1.165) is 58.0 Å². The first-order chi connectivity index (χ1) is 19.6. The number of benzene rings is 4. The Labute approximate surface area is 234 Å². The highest BCUT2D eigenvalue weighted by atomic mass is 16.6. The number of ketones is 1. The maximum absolute atomic E-state index is 14.0. The van der Waals surface area contributed by atoms with Gasteiger partial charge in [0.25, 0.3) is 0 Å². The van der Waals surface area contributed by atoms with Gasteiger partial charge in [-0.05, 0) is 64.4 Å². The summed E-state index contributed by atoms with van der Waals surface area (Å²) in [6.45, 7) is 2.04. The molecule has 202 valence electrons. The third-order valence-corrected chi connectivity index (χ3v) is 8.08. The van der Waals surface area contributed by atoms with Crippen molar-refractivity contribution in [1.29, 1.82) is 0 Å². The number of rotatable bonds is 7. The molecule has 40 heavy (non-hydrogen) atoms. The van der Waals surface area contributed by atoms with E-state index in [-0.39, 0.29) is 23.7 Å². The summed E-state index contributed by atoms with van der Waals surface area (Å²) in [4.78, 5) is 26.3. The van der Waals surface area contributed by atoms with E-state index in [0.29, 0.717) is 24.3 Å². The van der Waals surface area contributed by atoms with Crippen LogP contribution in [0.5, 0.6) is 11.5 Å². The Kier molecular flexibility index (Phi) is 7.12. The quantitative estimate of drug-likeness (QED) is 0.193. The number of hydrogen-bond donors (Lipinski definition) is 1. The first-order valence-electron chi connectivity index (χ1n) is 14.1. The van der Waals surface area contributed by atoms with E-state index in [1.165, 1.54) is 5.56 Å². The number of allylic oxidation sites excluding steroid dienone is 1. The standard InChI is InChI=1S/C35H33NO4/c1-3-4-14-32(38)40-30-18-16-24(21-31(30)39-2)35-34-27(19-25(20-29(34)37)22-10-6-5-7-11-22)33-26-13-9-8-12-23(26)15-17-28(33)36-35/h5-13,15-18,21,25,35-36H,3-4,14,19-20H2,1-2H3/t25-,35-/m1/s1. The number of unbranched alkanes of at least 4 members (excludes halogenated alkanes) is 1. The Bertz CT molecular complexity index is 1620. The topological polar surface area (TPSA) is 64.6 Å². The van der Waals surface area contributed by atoms with E-state index in [4.69, 9.17) is 9.47 Å². The molecule has 0 saturated carbocycles. The van der Waals surface area contributed by atoms with Crippen LogP contribution in [0.15, 0.2) is 90.5 Å². The fourth-order valence-corrected chi connectivity index (χ4v) is 6.10. The molecule has 0 fully saturated rings. The summed E-state index contributed by atoms with van der Waals surface area (Å²) in [5, 5.41) is 5.98. The van der Waals surface area contributed by atoms with Crippen LogP contribution in [0.1, 0.15) is 67.7 Å². The number of carbonyl (C=O) groups excluding carboxylic acids is 2. The molecule has 0 aromatic heterocycles. The van der Waals surface area contributed by atoms with Gasteiger partial charge in [-0.25, -0.2) is 0 Å². The van der Waals surface area contributed by atoms with E-state index in [1.54, 1.807) is 13.2 Å². The molecule has 4 aromatic rings. The Hall–Kier alpha value is -4.38. The molecule has 1 N–H and O–H groups in total. The number of nitrogens with one attached hydrogen (secondary N) is 1. The van der Waals surface area contributed by atoms with E-state index < -0.39 is 0 Å². The van der Waals surface area contributed by atoms with Gasteiger partial charge in [-0.1, -0.05) is 80.1 Å².